The molecule has 8 nitrogen and oxygen atoms in total. The summed E-state index contributed by atoms with van der Waals surface area (Å²) in [5, 5.41) is 14.3. The van der Waals surface area contributed by atoms with Crippen LogP contribution in [0.3, 0.4) is 0 Å². The van der Waals surface area contributed by atoms with Gasteiger partial charge in [0.2, 0.25) is 5.88 Å². The number of ether oxygens (including phenoxy) is 2. The van der Waals surface area contributed by atoms with E-state index in [1.807, 2.05) is 13.1 Å². The largest absolute Gasteiger partial charge is 0.487 e. The number of hydrogen-bond acceptors (Lipinski definition) is 7. The van der Waals surface area contributed by atoms with E-state index in [1.54, 1.807) is 24.3 Å². The number of nitrogens with one attached hydrogen (secondary N) is 3. The van der Waals surface area contributed by atoms with Crippen molar-refractivity contribution in [3.8, 4) is 11.6 Å². The molecule has 4 rings (SSSR count). The minimum absolute atomic E-state index is 0.207. The number of H-pyrrole nitrogens is 1. The second-order valence-corrected chi connectivity index (χ2v) is 7.02. The second-order valence-electron chi connectivity index (χ2n) is 6.62. The van der Waals surface area contributed by atoms with Crippen molar-refractivity contribution in [2.24, 2.45) is 0 Å². The third kappa shape index (κ3) is 5.01. The molecule has 2 aromatic heterocycles. The molecule has 3 N–H and O–H groups in total. The summed E-state index contributed by atoms with van der Waals surface area (Å²) in [6, 6.07) is 11.5. The lowest BCUT2D eigenvalue weighted by molar-refractivity contribution is 0.306. The van der Waals surface area contributed by atoms with Crippen molar-refractivity contribution in [2.45, 2.75) is 6.61 Å². The number of nitrogens with zero attached hydrogens (tertiary/aromatic N) is 3. The van der Waals surface area contributed by atoms with Gasteiger partial charge in [0.25, 0.3) is 0 Å². The number of likely N-dealkylation sites (N-methyl/N-ethyl adjacent to an activating group) is 1. The number of rotatable bonds is 9. The minimum Gasteiger partial charge on any atom is -0.487 e. The molecule has 0 saturated heterocycles. The highest BCUT2D eigenvalue weighted by Gasteiger charge is 2.15. The molecular formula is C21H20ClFN6O2. The lowest BCUT2D eigenvalue weighted by Crippen LogP contribution is -2.16. The highest BCUT2D eigenvalue weighted by molar-refractivity contribution is 6.32. The molecule has 0 amide bonds. The van der Waals surface area contributed by atoms with E-state index in [9.17, 15) is 4.39 Å². The van der Waals surface area contributed by atoms with E-state index in [-0.39, 0.29) is 12.4 Å². The van der Waals surface area contributed by atoms with Crippen LogP contribution < -0.4 is 20.1 Å². The Morgan fingerprint density at radius 2 is 2.03 bits per heavy atom. The van der Waals surface area contributed by atoms with Crippen LogP contribution in [0.5, 0.6) is 11.6 Å². The number of hydrogen-bond donors (Lipinski definition) is 3. The quantitative estimate of drug-likeness (QED) is 0.336. The fraction of sp³-hybridized carbons (Fsp3) is 0.190. The molecule has 0 fully saturated rings. The van der Waals surface area contributed by atoms with E-state index in [0.29, 0.717) is 57.9 Å². The number of aromatic amines is 1. The van der Waals surface area contributed by atoms with Gasteiger partial charge in [0.05, 0.1) is 5.02 Å². The molecule has 10 heteroatoms. The van der Waals surface area contributed by atoms with Crippen molar-refractivity contribution < 1.29 is 13.9 Å². The zero-order valence-corrected chi connectivity index (χ0v) is 17.4. The molecule has 2 aromatic carbocycles. The van der Waals surface area contributed by atoms with Crippen molar-refractivity contribution in [3.63, 3.8) is 0 Å². The Morgan fingerprint density at radius 3 is 2.84 bits per heavy atom. The van der Waals surface area contributed by atoms with Gasteiger partial charge in [0.15, 0.2) is 5.65 Å². The molecule has 0 atom stereocenters. The zero-order valence-electron chi connectivity index (χ0n) is 16.7. The van der Waals surface area contributed by atoms with Gasteiger partial charge in [0.1, 0.15) is 42.3 Å². The summed E-state index contributed by atoms with van der Waals surface area (Å²) in [7, 11) is 1.84. The average Bonchev–Trinajstić information content (AvgIpc) is 3.18. The Hall–Kier alpha value is -3.43. The van der Waals surface area contributed by atoms with Crippen LogP contribution in [-0.4, -0.2) is 40.4 Å². The Bertz CT molecular complexity index is 1190. The van der Waals surface area contributed by atoms with Gasteiger partial charge in [0, 0.05) is 12.2 Å². The molecule has 0 aliphatic carbocycles. The van der Waals surface area contributed by atoms with Crippen LogP contribution >= 0.6 is 11.6 Å². The Balaban J connectivity index is 1.50. The Morgan fingerprint density at radius 1 is 1.13 bits per heavy atom. The zero-order chi connectivity index (χ0) is 21.6. The third-order valence-electron chi connectivity index (χ3n) is 4.39. The molecule has 160 valence electrons. The van der Waals surface area contributed by atoms with Gasteiger partial charge in [-0.3, -0.25) is 5.10 Å². The maximum absolute atomic E-state index is 13.3. The van der Waals surface area contributed by atoms with Crippen molar-refractivity contribution in [1.82, 2.24) is 25.5 Å². The first-order valence-corrected chi connectivity index (χ1v) is 9.92. The van der Waals surface area contributed by atoms with E-state index in [4.69, 9.17) is 21.1 Å². The summed E-state index contributed by atoms with van der Waals surface area (Å²) < 4.78 is 24.7. The van der Waals surface area contributed by atoms with Crippen molar-refractivity contribution in [3.05, 3.63) is 65.2 Å². The van der Waals surface area contributed by atoms with Crippen molar-refractivity contribution >= 4 is 34.1 Å². The van der Waals surface area contributed by atoms with Gasteiger partial charge < -0.3 is 20.1 Å². The van der Waals surface area contributed by atoms with E-state index in [2.05, 4.69) is 30.8 Å². The maximum atomic E-state index is 13.3. The van der Waals surface area contributed by atoms with E-state index >= 15 is 0 Å². The third-order valence-corrected chi connectivity index (χ3v) is 4.69. The second kappa shape index (κ2) is 9.59. The fourth-order valence-corrected chi connectivity index (χ4v) is 3.14. The SMILES string of the molecule is CNCCOc1n[nH]c2ncnc(Nc3ccc(OCc4cccc(F)c4)c(Cl)c3)c12. The van der Waals surface area contributed by atoms with Crippen molar-refractivity contribution in [1.29, 1.82) is 0 Å². The fourth-order valence-electron chi connectivity index (χ4n) is 2.90. The van der Waals surface area contributed by atoms with Crippen LogP contribution in [0, 0.1) is 5.82 Å². The summed E-state index contributed by atoms with van der Waals surface area (Å²) in [5.41, 5.74) is 1.97. The summed E-state index contributed by atoms with van der Waals surface area (Å²) >= 11 is 6.38. The summed E-state index contributed by atoms with van der Waals surface area (Å²) in [5.74, 6) is 1.12. The molecule has 0 aliphatic rings. The normalized spacial score (nSPS) is 10.9. The molecule has 0 unspecified atom stereocenters. The number of halogens is 2. The topological polar surface area (TPSA) is 97.0 Å². The molecular weight excluding hydrogens is 423 g/mol. The number of aromatic nitrogens is 4. The van der Waals surface area contributed by atoms with Gasteiger partial charge in [-0.1, -0.05) is 23.7 Å². The highest BCUT2D eigenvalue weighted by Crippen LogP contribution is 2.33. The first-order chi connectivity index (χ1) is 15.1. The molecule has 0 aliphatic heterocycles. The number of benzene rings is 2. The van der Waals surface area contributed by atoms with Crippen LogP contribution in [0.4, 0.5) is 15.9 Å². The van der Waals surface area contributed by atoms with E-state index in [0.717, 1.165) is 0 Å². The van der Waals surface area contributed by atoms with Gasteiger partial charge in [-0.25, -0.2) is 14.4 Å². The van der Waals surface area contributed by atoms with Crippen LogP contribution in [0.2, 0.25) is 5.02 Å². The molecule has 0 spiro atoms. The summed E-state index contributed by atoms with van der Waals surface area (Å²) in [6.07, 6.45) is 1.43. The summed E-state index contributed by atoms with van der Waals surface area (Å²) in [4.78, 5) is 8.50. The molecule has 4 aromatic rings. The summed E-state index contributed by atoms with van der Waals surface area (Å²) in [6.45, 7) is 1.34. The lowest BCUT2D eigenvalue weighted by atomic mass is 10.2. The minimum atomic E-state index is -0.309. The first-order valence-electron chi connectivity index (χ1n) is 9.54. The van der Waals surface area contributed by atoms with Gasteiger partial charge in [-0.15, -0.1) is 5.10 Å². The van der Waals surface area contributed by atoms with Crippen LogP contribution in [-0.2, 0) is 6.61 Å². The van der Waals surface area contributed by atoms with E-state index < -0.39 is 0 Å². The lowest BCUT2D eigenvalue weighted by Gasteiger charge is -2.11. The monoisotopic (exact) mass is 442 g/mol. The predicted octanol–water partition coefficient (Wildman–Crippen LogP) is 4.07. The Kier molecular flexibility index (Phi) is 6.44. The van der Waals surface area contributed by atoms with Gasteiger partial charge in [-0.2, -0.15) is 0 Å². The van der Waals surface area contributed by atoms with Gasteiger partial charge in [-0.05, 0) is 42.9 Å². The van der Waals surface area contributed by atoms with Crippen LogP contribution in [0.25, 0.3) is 11.0 Å². The standard InChI is InChI=1S/C21H20ClFN6O2/c1-24-7-8-30-21-18-19(25-12-26-20(18)28-29-21)27-15-5-6-17(16(22)10-15)31-11-13-3-2-4-14(23)9-13/h2-6,9-10,12,24H,7-8,11H2,1H3,(H2,25,26,27,28,29). The number of fused-ring (bicyclic) bond motifs is 1. The molecule has 0 saturated carbocycles. The molecule has 31 heavy (non-hydrogen) atoms. The van der Waals surface area contributed by atoms with Crippen molar-refractivity contribution in [2.75, 3.05) is 25.5 Å². The first kappa shape index (κ1) is 20.8. The van der Waals surface area contributed by atoms with Gasteiger partial charge >= 0.3 is 0 Å². The average molecular weight is 443 g/mol. The molecule has 2 heterocycles. The van der Waals surface area contributed by atoms with Crippen LogP contribution in [0.1, 0.15) is 5.56 Å². The number of anilines is 2. The maximum Gasteiger partial charge on any atom is 0.246 e. The van der Waals surface area contributed by atoms with E-state index in [1.165, 1.54) is 18.5 Å². The highest BCUT2D eigenvalue weighted by atomic mass is 35.5. The molecule has 0 radical (unpaired) electrons. The molecule has 0 bridgehead atoms. The Labute approximate surface area is 182 Å². The predicted molar refractivity (Wildman–Crippen MR) is 117 cm³/mol. The van der Waals surface area contributed by atoms with Crippen LogP contribution in [0.15, 0.2) is 48.8 Å². The smallest absolute Gasteiger partial charge is 0.246 e.